The van der Waals surface area contributed by atoms with E-state index in [-0.39, 0.29) is 41.9 Å². The van der Waals surface area contributed by atoms with Crippen LogP contribution in [-0.4, -0.2) is 70.3 Å². The van der Waals surface area contributed by atoms with Crippen LogP contribution in [0.25, 0.3) is 0 Å². The van der Waals surface area contributed by atoms with Crippen molar-refractivity contribution in [2.75, 3.05) is 19.7 Å². The lowest BCUT2D eigenvalue weighted by molar-refractivity contribution is -0.133. The van der Waals surface area contributed by atoms with Crippen molar-refractivity contribution >= 4 is 23.5 Å². The van der Waals surface area contributed by atoms with Gasteiger partial charge in [-0.1, -0.05) is 6.42 Å². The van der Waals surface area contributed by atoms with Gasteiger partial charge in [0, 0.05) is 24.7 Å². The van der Waals surface area contributed by atoms with E-state index in [4.69, 9.17) is 0 Å². The van der Waals surface area contributed by atoms with Gasteiger partial charge in [0.05, 0.1) is 6.04 Å². The molecule has 0 spiro atoms. The lowest BCUT2D eigenvalue weighted by atomic mass is 9.92. The van der Waals surface area contributed by atoms with Gasteiger partial charge < -0.3 is 25.6 Å². The van der Waals surface area contributed by atoms with Gasteiger partial charge >= 0.3 is 0 Å². The molecule has 3 fully saturated rings. The van der Waals surface area contributed by atoms with Crippen LogP contribution in [0.4, 0.5) is 0 Å². The summed E-state index contributed by atoms with van der Waals surface area (Å²) in [5, 5.41) is 15.0. The van der Waals surface area contributed by atoms with Crippen LogP contribution in [0.1, 0.15) is 66.7 Å². The van der Waals surface area contributed by atoms with Crippen LogP contribution in [0.2, 0.25) is 0 Å². The minimum atomic E-state index is -0.943. The summed E-state index contributed by atoms with van der Waals surface area (Å²) >= 11 is 0. The zero-order valence-corrected chi connectivity index (χ0v) is 19.5. The summed E-state index contributed by atoms with van der Waals surface area (Å²) in [4.78, 5) is 56.6. The van der Waals surface area contributed by atoms with E-state index in [9.17, 15) is 24.3 Å². The minimum Gasteiger partial charge on any atom is -0.389 e. The van der Waals surface area contributed by atoms with E-state index in [1.165, 1.54) is 5.56 Å². The Labute approximate surface area is 199 Å². The molecule has 1 saturated carbocycles. The monoisotopic (exact) mass is 470 g/mol. The normalized spacial score (nSPS) is 28.9. The Balaban J connectivity index is 1.35. The van der Waals surface area contributed by atoms with Crippen LogP contribution in [0.5, 0.6) is 0 Å². The molecule has 1 aromatic rings. The summed E-state index contributed by atoms with van der Waals surface area (Å²) in [7, 11) is 0. The maximum absolute atomic E-state index is 13.6. The molecule has 1 aromatic heterocycles. The predicted molar refractivity (Wildman–Crippen MR) is 123 cm³/mol. The van der Waals surface area contributed by atoms with Crippen LogP contribution in [0.3, 0.4) is 0 Å². The van der Waals surface area contributed by atoms with Crippen molar-refractivity contribution in [3.8, 4) is 0 Å². The number of hydrogen-bond donors (Lipinski definition) is 4. The largest absolute Gasteiger partial charge is 0.389 e. The molecule has 0 radical (unpaired) electrons. The molecular weight excluding hydrogens is 436 g/mol. The molecule has 3 heterocycles. The molecule has 0 unspecified atom stereocenters. The van der Waals surface area contributed by atoms with Crippen LogP contribution < -0.4 is 10.6 Å². The summed E-state index contributed by atoms with van der Waals surface area (Å²) in [6, 6.07) is 0.352. The number of carbonyl (C=O) groups is 4. The second kappa shape index (κ2) is 9.52. The lowest BCUT2D eigenvalue weighted by Gasteiger charge is -2.29. The van der Waals surface area contributed by atoms with Gasteiger partial charge in [-0.3, -0.25) is 19.2 Å². The SMILES string of the molecule is O=C1NCC[C@H]1C[C@H](NC(=O)[C@@H]1[C@H]2CCC[C@H]2CN1C(=O)c1cc2c([nH]1)CCCC2)C(=O)CO. The molecule has 3 amide bonds. The second-order valence-electron chi connectivity index (χ2n) is 10.3. The number of aryl methyl sites for hydroxylation is 2. The number of rotatable bonds is 7. The van der Waals surface area contributed by atoms with Gasteiger partial charge in [0.1, 0.15) is 18.3 Å². The number of nitrogens with zero attached hydrogens (tertiary/aromatic N) is 1. The van der Waals surface area contributed by atoms with Crippen LogP contribution in [-0.2, 0) is 27.2 Å². The first kappa shape index (κ1) is 23.1. The Bertz CT molecular complexity index is 964. The summed E-state index contributed by atoms with van der Waals surface area (Å²) < 4.78 is 0. The number of likely N-dealkylation sites (tertiary alicyclic amines) is 1. The molecule has 184 valence electrons. The smallest absolute Gasteiger partial charge is 0.270 e. The molecule has 0 bridgehead atoms. The van der Waals surface area contributed by atoms with Crippen LogP contribution in [0.15, 0.2) is 6.07 Å². The van der Waals surface area contributed by atoms with Crippen LogP contribution in [0, 0.1) is 17.8 Å². The third-order valence-electron chi connectivity index (χ3n) is 8.31. The number of ketones is 1. The number of aromatic amines is 1. The number of fused-ring (bicyclic) bond motifs is 2. The fraction of sp³-hybridized carbons (Fsp3) is 0.680. The van der Waals surface area contributed by atoms with Crippen molar-refractivity contribution in [1.82, 2.24) is 20.5 Å². The molecule has 5 atom stereocenters. The van der Waals surface area contributed by atoms with Gasteiger partial charge in [-0.25, -0.2) is 0 Å². The fourth-order valence-corrected chi connectivity index (χ4v) is 6.52. The third-order valence-corrected chi connectivity index (χ3v) is 8.31. The number of aliphatic hydroxyl groups excluding tert-OH is 1. The summed E-state index contributed by atoms with van der Waals surface area (Å²) in [6.07, 6.45) is 7.79. The maximum atomic E-state index is 13.6. The van der Waals surface area contributed by atoms with E-state index >= 15 is 0 Å². The van der Waals surface area contributed by atoms with Crippen molar-refractivity contribution in [2.24, 2.45) is 17.8 Å². The summed E-state index contributed by atoms with van der Waals surface area (Å²) in [5.74, 6) is -1.19. The Morgan fingerprint density at radius 2 is 1.97 bits per heavy atom. The maximum Gasteiger partial charge on any atom is 0.270 e. The third kappa shape index (κ3) is 4.26. The van der Waals surface area contributed by atoms with Crippen LogP contribution >= 0.6 is 0 Å². The van der Waals surface area contributed by atoms with Crippen molar-refractivity contribution in [1.29, 1.82) is 0 Å². The molecule has 2 aliphatic heterocycles. The van der Waals surface area contributed by atoms with E-state index in [1.807, 2.05) is 6.07 Å². The fourth-order valence-electron chi connectivity index (χ4n) is 6.52. The van der Waals surface area contributed by atoms with Gasteiger partial charge in [0.2, 0.25) is 11.8 Å². The molecular formula is C25H34N4O5. The molecule has 9 heteroatoms. The molecule has 2 aliphatic carbocycles. The van der Waals surface area contributed by atoms with E-state index in [1.54, 1.807) is 4.90 Å². The zero-order chi connectivity index (χ0) is 23.8. The number of amides is 3. The first-order chi connectivity index (χ1) is 16.5. The first-order valence-corrected chi connectivity index (χ1v) is 12.7. The van der Waals surface area contributed by atoms with E-state index in [2.05, 4.69) is 15.6 Å². The molecule has 9 nitrogen and oxygen atoms in total. The van der Waals surface area contributed by atoms with Crippen molar-refractivity contribution in [2.45, 2.75) is 69.9 Å². The second-order valence-corrected chi connectivity index (χ2v) is 10.3. The molecule has 5 rings (SSSR count). The van der Waals surface area contributed by atoms with Gasteiger partial charge in [-0.05, 0) is 74.8 Å². The number of Topliss-reactive ketones (excluding diaryl/α,β-unsaturated/α-hetero) is 1. The Kier molecular flexibility index (Phi) is 6.46. The van der Waals surface area contributed by atoms with E-state index < -0.39 is 24.5 Å². The average molecular weight is 471 g/mol. The minimum absolute atomic E-state index is 0.0631. The Hall–Kier alpha value is -2.68. The molecule has 4 N–H and O–H groups in total. The standard InChI is InChI=1S/C25H34N4O5/c30-13-21(31)19(11-15-8-9-26-23(15)32)28-24(33)22-17-6-3-5-16(17)12-29(22)25(34)20-10-14-4-1-2-7-18(14)27-20/h10,15-17,19,22,27,30H,1-9,11-13H2,(H,26,32)(H,28,33)/t15-,16-,17-,19-,22-/m0/s1. The Morgan fingerprint density at radius 1 is 1.15 bits per heavy atom. The molecule has 2 saturated heterocycles. The highest BCUT2D eigenvalue weighted by atomic mass is 16.3. The van der Waals surface area contributed by atoms with Gasteiger partial charge in [-0.15, -0.1) is 0 Å². The number of nitrogens with one attached hydrogen (secondary N) is 3. The number of carbonyl (C=O) groups excluding carboxylic acids is 4. The summed E-state index contributed by atoms with van der Waals surface area (Å²) in [5.41, 5.74) is 2.85. The first-order valence-electron chi connectivity index (χ1n) is 12.7. The van der Waals surface area contributed by atoms with Crippen molar-refractivity contribution in [3.05, 3.63) is 23.0 Å². The zero-order valence-electron chi connectivity index (χ0n) is 19.5. The van der Waals surface area contributed by atoms with E-state index in [0.717, 1.165) is 50.6 Å². The van der Waals surface area contributed by atoms with Gasteiger partial charge in [-0.2, -0.15) is 0 Å². The predicted octanol–water partition coefficient (Wildman–Crippen LogP) is 0.707. The molecule has 0 aromatic carbocycles. The van der Waals surface area contributed by atoms with Gasteiger partial charge in [0.15, 0.2) is 5.78 Å². The highest BCUT2D eigenvalue weighted by Gasteiger charge is 2.50. The van der Waals surface area contributed by atoms with Gasteiger partial charge in [0.25, 0.3) is 5.91 Å². The number of hydrogen-bond acceptors (Lipinski definition) is 5. The van der Waals surface area contributed by atoms with Crippen molar-refractivity contribution < 1.29 is 24.3 Å². The Morgan fingerprint density at radius 3 is 2.71 bits per heavy atom. The van der Waals surface area contributed by atoms with E-state index in [0.29, 0.717) is 25.2 Å². The average Bonchev–Trinajstić information content (AvgIpc) is 3.61. The summed E-state index contributed by atoms with van der Waals surface area (Å²) in [6.45, 7) is 0.383. The lowest BCUT2D eigenvalue weighted by Crippen LogP contribution is -2.53. The highest BCUT2D eigenvalue weighted by molar-refractivity contribution is 5.98. The number of aliphatic hydroxyl groups is 1. The molecule has 34 heavy (non-hydrogen) atoms. The topological polar surface area (TPSA) is 132 Å². The number of aromatic nitrogens is 1. The molecule has 4 aliphatic rings. The van der Waals surface area contributed by atoms with Crippen molar-refractivity contribution in [3.63, 3.8) is 0 Å². The quantitative estimate of drug-likeness (QED) is 0.466. The number of H-pyrrole nitrogens is 1. The highest BCUT2D eigenvalue weighted by Crippen LogP contribution is 2.43.